The lowest BCUT2D eigenvalue weighted by molar-refractivity contribution is 0.0949. The van der Waals surface area contributed by atoms with Crippen molar-refractivity contribution in [1.29, 1.82) is 0 Å². The van der Waals surface area contributed by atoms with E-state index in [2.05, 4.69) is 26.2 Å². The van der Waals surface area contributed by atoms with E-state index in [1.54, 1.807) is 19.1 Å². The van der Waals surface area contributed by atoms with Crippen molar-refractivity contribution in [3.8, 4) is 0 Å². The van der Waals surface area contributed by atoms with Crippen molar-refractivity contribution >= 4 is 43.2 Å². The Morgan fingerprint density at radius 2 is 1.92 bits per heavy atom. The van der Waals surface area contributed by atoms with Crippen LogP contribution in [0.15, 0.2) is 33.6 Å². The smallest absolute Gasteiger partial charge is 0.273 e. The third-order valence-corrected chi connectivity index (χ3v) is 7.33. The summed E-state index contributed by atoms with van der Waals surface area (Å²) in [5, 5.41) is 0. The first-order valence-electron chi connectivity index (χ1n) is 8.07. The molecule has 2 aromatic rings. The predicted octanol–water partition coefficient (Wildman–Crippen LogP) is 3.71. The number of aryl methyl sites for hydroxylation is 3. The average molecular weight is 443 g/mol. The average Bonchev–Trinajstić information content (AvgIpc) is 2.86. The van der Waals surface area contributed by atoms with E-state index in [1.165, 1.54) is 34.3 Å². The zero-order chi connectivity index (χ0) is 18.0. The molecular weight excluding hydrogens is 424 g/mol. The van der Waals surface area contributed by atoms with Crippen LogP contribution in [0.3, 0.4) is 0 Å². The lowest BCUT2D eigenvalue weighted by Gasteiger charge is -2.10. The number of carbonyl (C=O) groups is 1. The SMILES string of the molecule is Cc1ccc(Br)cc1S(=O)(=O)NNC(=O)c1cc2c(s1)CCCCC2. The van der Waals surface area contributed by atoms with Gasteiger partial charge in [0.05, 0.1) is 9.77 Å². The Bertz CT molecular complexity index is 883. The summed E-state index contributed by atoms with van der Waals surface area (Å²) >= 11 is 4.72. The number of rotatable bonds is 4. The van der Waals surface area contributed by atoms with Crippen LogP contribution in [0.4, 0.5) is 0 Å². The number of benzene rings is 1. The number of hydrogen-bond acceptors (Lipinski definition) is 4. The van der Waals surface area contributed by atoms with E-state index in [0.717, 1.165) is 25.7 Å². The Labute approximate surface area is 160 Å². The molecule has 0 saturated heterocycles. The molecule has 0 radical (unpaired) electrons. The molecule has 1 aliphatic rings. The van der Waals surface area contributed by atoms with Crippen LogP contribution in [0.5, 0.6) is 0 Å². The highest BCUT2D eigenvalue weighted by atomic mass is 79.9. The van der Waals surface area contributed by atoms with Crippen LogP contribution < -0.4 is 10.3 Å². The van der Waals surface area contributed by atoms with Gasteiger partial charge in [-0.05, 0) is 61.9 Å². The van der Waals surface area contributed by atoms with Gasteiger partial charge < -0.3 is 0 Å². The molecule has 2 N–H and O–H groups in total. The van der Waals surface area contributed by atoms with Gasteiger partial charge in [-0.25, -0.2) is 8.42 Å². The molecule has 0 bridgehead atoms. The number of fused-ring (bicyclic) bond motifs is 1. The summed E-state index contributed by atoms with van der Waals surface area (Å²) in [5.74, 6) is -0.422. The molecule has 0 fully saturated rings. The van der Waals surface area contributed by atoms with Crippen LogP contribution >= 0.6 is 27.3 Å². The summed E-state index contributed by atoms with van der Waals surface area (Å²) in [5.41, 5.74) is 4.15. The van der Waals surface area contributed by atoms with Gasteiger partial charge in [-0.1, -0.05) is 28.4 Å². The van der Waals surface area contributed by atoms with Crippen LogP contribution in [0.1, 0.15) is 44.9 Å². The van der Waals surface area contributed by atoms with Gasteiger partial charge in [-0.3, -0.25) is 10.2 Å². The van der Waals surface area contributed by atoms with Crippen molar-refractivity contribution in [2.24, 2.45) is 0 Å². The van der Waals surface area contributed by atoms with E-state index in [1.807, 2.05) is 6.07 Å². The summed E-state index contributed by atoms with van der Waals surface area (Å²) in [7, 11) is -3.83. The molecule has 25 heavy (non-hydrogen) atoms. The van der Waals surface area contributed by atoms with Crippen LogP contribution in [0.25, 0.3) is 0 Å². The minimum Gasteiger partial charge on any atom is -0.273 e. The third-order valence-electron chi connectivity index (χ3n) is 4.21. The normalized spacial score (nSPS) is 14.6. The van der Waals surface area contributed by atoms with Crippen LogP contribution in [-0.2, 0) is 22.9 Å². The van der Waals surface area contributed by atoms with Crippen LogP contribution in [0.2, 0.25) is 0 Å². The number of sulfonamides is 1. The highest BCUT2D eigenvalue weighted by Crippen LogP contribution is 2.29. The van der Waals surface area contributed by atoms with Crippen LogP contribution in [0, 0.1) is 6.92 Å². The Morgan fingerprint density at radius 1 is 1.16 bits per heavy atom. The van der Waals surface area contributed by atoms with Crippen molar-refractivity contribution in [3.63, 3.8) is 0 Å². The maximum Gasteiger partial charge on any atom is 0.276 e. The van der Waals surface area contributed by atoms with E-state index in [0.29, 0.717) is 14.9 Å². The first-order chi connectivity index (χ1) is 11.9. The monoisotopic (exact) mass is 442 g/mol. The molecule has 1 aromatic heterocycles. The fourth-order valence-corrected chi connectivity index (χ4v) is 5.65. The standard InChI is InChI=1S/C17H19BrN2O3S2/c1-11-7-8-13(18)10-16(11)25(22,23)20-19-17(21)15-9-12-5-3-2-4-6-14(12)24-15/h7-10,20H,2-6H2,1H3,(H,19,21). The topological polar surface area (TPSA) is 75.3 Å². The number of nitrogens with one attached hydrogen (secondary N) is 2. The Balaban J connectivity index is 1.72. The molecule has 1 amide bonds. The molecule has 3 rings (SSSR count). The van der Waals surface area contributed by atoms with Crippen molar-refractivity contribution in [2.75, 3.05) is 0 Å². The molecule has 0 unspecified atom stereocenters. The summed E-state index contributed by atoms with van der Waals surface area (Å²) in [4.78, 5) is 16.4. The molecule has 0 saturated carbocycles. The molecule has 1 aliphatic carbocycles. The fourth-order valence-electron chi connectivity index (χ4n) is 2.87. The number of thiophene rings is 1. The van der Waals surface area contributed by atoms with Gasteiger partial charge in [-0.2, -0.15) is 0 Å². The number of amides is 1. The van der Waals surface area contributed by atoms with E-state index in [4.69, 9.17) is 0 Å². The highest BCUT2D eigenvalue weighted by Gasteiger charge is 2.20. The molecule has 0 spiro atoms. The number of hydrazine groups is 1. The lowest BCUT2D eigenvalue weighted by Crippen LogP contribution is -2.41. The van der Waals surface area contributed by atoms with Crippen molar-refractivity contribution in [2.45, 2.75) is 43.9 Å². The Hall–Kier alpha value is -1.22. The number of carbonyl (C=O) groups excluding carboxylic acids is 1. The third kappa shape index (κ3) is 4.31. The largest absolute Gasteiger partial charge is 0.276 e. The molecule has 5 nitrogen and oxygen atoms in total. The second kappa shape index (κ2) is 7.57. The Morgan fingerprint density at radius 3 is 2.72 bits per heavy atom. The molecule has 0 atom stereocenters. The maximum absolute atomic E-state index is 12.4. The van der Waals surface area contributed by atoms with Crippen LogP contribution in [-0.4, -0.2) is 14.3 Å². The second-order valence-electron chi connectivity index (χ2n) is 6.09. The van der Waals surface area contributed by atoms with Crippen molar-refractivity contribution in [3.05, 3.63) is 49.6 Å². The molecule has 0 aliphatic heterocycles. The van der Waals surface area contributed by atoms with Gasteiger partial charge in [0, 0.05) is 9.35 Å². The van der Waals surface area contributed by atoms with E-state index in [-0.39, 0.29) is 4.90 Å². The zero-order valence-corrected chi connectivity index (χ0v) is 17.0. The first-order valence-corrected chi connectivity index (χ1v) is 11.2. The summed E-state index contributed by atoms with van der Waals surface area (Å²) < 4.78 is 25.5. The highest BCUT2D eigenvalue weighted by molar-refractivity contribution is 9.10. The fraction of sp³-hybridized carbons (Fsp3) is 0.353. The van der Waals surface area contributed by atoms with Gasteiger partial charge in [-0.15, -0.1) is 16.2 Å². The molecule has 1 aromatic carbocycles. The first kappa shape index (κ1) is 18.6. The molecule has 8 heteroatoms. The molecule has 134 valence electrons. The molecule has 1 heterocycles. The number of hydrogen-bond donors (Lipinski definition) is 2. The van der Waals surface area contributed by atoms with Crippen molar-refractivity contribution < 1.29 is 13.2 Å². The zero-order valence-electron chi connectivity index (χ0n) is 13.8. The van der Waals surface area contributed by atoms with Gasteiger partial charge in [0.2, 0.25) is 0 Å². The Kier molecular flexibility index (Phi) is 5.62. The second-order valence-corrected chi connectivity index (χ2v) is 9.79. The van der Waals surface area contributed by atoms with Crippen molar-refractivity contribution in [1.82, 2.24) is 10.3 Å². The van der Waals surface area contributed by atoms with Gasteiger partial charge in [0.25, 0.3) is 15.9 Å². The summed E-state index contributed by atoms with van der Waals surface area (Å²) in [6.45, 7) is 1.71. The van der Waals surface area contributed by atoms with E-state index < -0.39 is 15.9 Å². The number of halogens is 1. The van der Waals surface area contributed by atoms with Gasteiger partial charge in [0.15, 0.2) is 0 Å². The van der Waals surface area contributed by atoms with E-state index >= 15 is 0 Å². The van der Waals surface area contributed by atoms with Gasteiger partial charge >= 0.3 is 0 Å². The minimum absolute atomic E-state index is 0.129. The van der Waals surface area contributed by atoms with E-state index in [9.17, 15) is 13.2 Å². The summed E-state index contributed by atoms with van der Waals surface area (Å²) in [6, 6.07) is 6.87. The summed E-state index contributed by atoms with van der Waals surface area (Å²) in [6.07, 6.45) is 5.48. The molecular formula is C17H19BrN2O3S2. The maximum atomic E-state index is 12.4. The predicted molar refractivity (Wildman–Crippen MR) is 102 cm³/mol. The lowest BCUT2D eigenvalue weighted by atomic mass is 10.1. The van der Waals surface area contributed by atoms with Gasteiger partial charge in [0.1, 0.15) is 0 Å². The minimum atomic E-state index is -3.83. The quantitative estimate of drug-likeness (QED) is 0.559.